The van der Waals surface area contributed by atoms with Crippen molar-refractivity contribution in [2.45, 2.75) is 32.6 Å². The molecule has 1 aromatic heterocycles. The van der Waals surface area contributed by atoms with Gasteiger partial charge in [-0.3, -0.25) is 4.79 Å². The molecule has 2 atom stereocenters. The minimum atomic E-state index is 0.142. The smallest absolute Gasteiger partial charge is 0.219 e. The van der Waals surface area contributed by atoms with Crippen molar-refractivity contribution >= 4 is 16.9 Å². The molecule has 3 rings (SSSR count). The standard InChI is InChI=1S/C16H19NO2/c1-3-16(18)17-9-11-8-13(11)12-5-4-6-15-14(12)7-10(2)19-15/h4-7,11,13H,3,8-9H2,1-2H3,(H,17,18). The first kappa shape index (κ1) is 12.3. The lowest BCUT2D eigenvalue weighted by Crippen LogP contribution is -2.24. The third-order valence-electron chi connectivity index (χ3n) is 3.92. The van der Waals surface area contributed by atoms with E-state index in [1.807, 2.05) is 19.9 Å². The fourth-order valence-corrected chi connectivity index (χ4v) is 2.76. The van der Waals surface area contributed by atoms with Crippen molar-refractivity contribution in [1.82, 2.24) is 5.32 Å². The van der Waals surface area contributed by atoms with Crippen molar-refractivity contribution in [2.24, 2.45) is 5.92 Å². The van der Waals surface area contributed by atoms with Gasteiger partial charge in [-0.05, 0) is 42.9 Å². The van der Waals surface area contributed by atoms with Crippen LogP contribution in [0.1, 0.15) is 37.0 Å². The van der Waals surface area contributed by atoms with Gasteiger partial charge in [-0.1, -0.05) is 19.1 Å². The summed E-state index contributed by atoms with van der Waals surface area (Å²) in [4.78, 5) is 11.3. The molecule has 3 heteroatoms. The predicted molar refractivity (Wildman–Crippen MR) is 75.1 cm³/mol. The molecular weight excluding hydrogens is 238 g/mol. The van der Waals surface area contributed by atoms with E-state index in [0.29, 0.717) is 18.3 Å². The SMILES string of the molecule is CCC(=O)NCC1CC1c1cccc2oc(C)cc12. The predicted octanol–water partition coefficient (Wildman–Crippen LogP) is 3.37. The van der Waals surface area contributed by atoms with E-state index in [9.17, 15) is 4.79 Å². The van der Waals surface area contributed by atoms with Crippen molar-refractivity contribution in [3.63, 3.8) is 0 Å². The first-order valence-electron chi connectivity index (χ1n) is 6.94. The largest absolute Gasteiger partial charge is 0.461 e. The molecule has 0 saturated heterocycles. The molecule has 1 saturated carbocycles. The van der Waals surface area contributed by atoms with E-state index >= 15 is 0 Å². The van der Waals surface area contributed by atoms with Crippen molar-refractivity contribution in [3.05, 3.63) is 35.6 Å². The summed E-state index contributed by atoms with van der Waals surface area (Å²) >= 11 is 0. The normalized spacial score (nSPS) is 21.6. The lowest BCUT2D eigenvalue weighted by molar-refractivity contribution is -0.120. The number of carbonyl (C=O) groups is 1. The van der Waals surface area contributed by atoms with E-state index < -0.39 is 0 Å². The Morgan fingerprint density at radius 3 is 3.11 bits per heavy atom. The zero-order valence-electron chi connectivity index (χ0n) is 11.4. The van der Waals surface area contributed by atoms with Gasteiger partial charge in [-0.2, -0.15) is 0 Å². The van der Waals surface area contributed by atoms with Gasteiger partial charge in [0, 0.05) is 18.4 Å². The number of nitrogens with one attached hydrogen (secondary N) is 1. The molecule has 1 aliphatic rings. The molecular formula is C16H19NO2. The molecule has 1 amide bonds. The van der Waals surface area contributed by atoms with E-state index in [2.05, 4.69) is 23.5 Å². The Bertz CT molecular complexity index is 614. The number of carbonyl (C=O) groups excluding carboxylic acids is 1. The summed E-state index contributed by atoms with van der Waals surface area (Å²) in [5, 5.41) is 4.22. The molecule has 19 heavy (non-hydrogen) atoms. The maximum absolute atomic E-state index is 11.3. The zero-order chi connectivity index (χ0) is 13.4. The number of fused-ring (bicyclic) bond motifs is 1. The molecule has 1 aromatic carbocycles. The van der Waals surface area contributed by atoms with Gasteiger partial charge in [0.15, 0.2) is 0 Å². The highest BCUT2D eigenvalue weighted by Gasteiger charge is 2.39. The number of hydrogen-bond acceptors (Lipinski definition) is 2. The van der Waals surface area contributed by atoms with E-state index in [0.717, 1.165) is 24.3 Å². The highest BCUT2D eigenvalue weighted by atomic mass is 16.3. The van der Waals surface area contributed by atoms with Gasteiger partial charge in [0.25, 0.3) is 0 Å². The number of amides is 1. The first-order chi connectivity index (χ1) is 9.19. The Labute approximate surface area is 113 Å². The third kappa shape index (κ3) is 2.37. The summed E-state index contributed by atoms with van der Waals surface area (Å²) in [6.45, 7) is 4.66. The topological polar surface area (TPSA) is 42.2 Å². The highest BCUT2D eigenvalue weighted by Crippen LogP contribution is 2.49. The van der Waals surface area contributed by atoms with Crippen LogP contribution in [0.5, 0.6) is 0 Å². The molecule has 0 radical (unpaired) electrons. The summed E-state index contributed by atoms with van der Waals surface area (Å²) in [6, 6.07) is 8.37. The van der Waals surface area contributed by atoms with Crippen LogP contribution in [0.3, 0.4) is 0 Å². The van der Waals surface area contributed by atoms with Crippen LogP contribution in [-0.4, -0.2) is 12.5 Å². The molecule has 2 unspecified atom stereocenters. The Morgan fingerprint density at radius 1 is 1.47 bits per heavy atom. The minimum absolute atomic E-state index is 0.142. The number of rotatable bonds is 4. The Kier molecular flexibility index (Phi) is 3.05. The number of aryl methyl sites for hydroxylation is 1. The maximum atomic E-state index is 11.3. The average Bonchev–Trinajstić information content (AvgIpc) is 3.07. The molecule has 0 spiro atoms. The lowest BCUT2D eigenvalue weighted by atomic mass is 10.0. The third-order valence-corrected chi connectivity index (χ3v) is 3.92. The minimum Gasteiger partial charge on any atom is -0.461 e. The molecule has 2 aromatic rings. The Morgan fingerprint density at radius 2 is 2.32 bits per heavy atom. The summed E-state index contributed by atoms with van der Waals surface area (Å²) in [6.07, 6.45) is 1.72. The van der Waals surface area contributed by atoms with Crippen LogP contribution in [0.4, 0.5) is 0 Å². The van der Waals surface area contributed by atoms with Gasteiger partial charge < -0.3 is 9.73 Å². The van der Waals surface area contributed by atoms with E-state index in [4.69, 9.17) is 4.42 Å². The second kappa shape index (κ2) is 4.72. The average molecular weight is 257 g/mol. The van der Waals surface area contributed by atoms with E-state index in [1.54, 1.807) is 0 Å². The van der Waals surface area contributed by atoms with Gasteiger partial charge in [-0.15, -0.1) is 0 Å². The van der Waals surface area contributed by atoms with Crippen molar-refractivity contribution in [2.75, 3.05) is 6.54 Å². The van der Waals surface area contributed by atoms with Crippen LogP contribution >= 0.6 is 0 Å². The van der Waals surface area contributed by atoms with Crippen LogP contribution in [0.15, 0.2) is 28.7 Å². The quantitative estimate of drug-likeness (QED) is 0.912. The van der Waals surface area contributed by atoms with E-state index in [-0.39, 0.29) is 5.91 Å². The first-order valence-corrected chi connectivity index (χ1v) is 6.94. The van der Waals surface area contributed by atoms with Gasteiger partial charge in [0.05, 0.1) is 0 Å². The van der Waals surface area contributed by atoms with Gasteiger partial charge >= 0.3 is 0 Å². The zero-order valence-corrected chi connectivity index (χ0v) is 11.4. The molecule has 1 fully saturated rings. The summed E-state index contributed by atoms with van der Waals surface area (Å²) in [5.41, 5.74) is 2.34. The Balaban J connectivity index is 1.74. The van der Waals surface area contributed by atoms with Crippen molar-refractivity contribution < 1.29 is 9.21 Å². The van der Waals surface area contributed by atoms with E-state index in [1.165, 1.54) is 10.9 Å². The molecule has 1 N–H and O–H groups in total. The maximum Gasteiger partial charge on any atom is 0.219 e. The lowest BCUT2D eigenvalue weighted by Gasteiger charge is -2.04. The fraction of sp³-hybridized carbons (Fsp3) is 0.438. The van der Waals surface area contributed by atoms with Crippen LogP contribution in [0.2, 0.25) is 0 Å². The summed E-state index contributed by atoms with van der Waals surface area (Å²) < 4.78 is 5.67. The van der Waals surface area contributed by atoms with Crippen LogP contribution in [0, 0.1) is 12.8 Å². The van der Waals surface area contributed by atoms with Crippen molar-refractivity contribution in [1.29, 1.82) is 0 Å². The molecule has 1 aliphatic carbocycles. The highest BCUT2D eigenvalue weighted by molar-refractivity contribution is 5.83. The number of hydrogen-bond donors (Lipinski definition) is 1. The van der Waals surface area contributed by atoms with Gasteiger partial charge in [-0.25, -0.2) is 0 Å². The number of furan rings is 1. The van der Waals surface area contributed by atoms with Crippen molar-refractivity contribution in [3.8, 4) is 0 Å². The summed E-state index contributed by atoms with van der Waals surface area (Å²) in [5.74, 6) is 2.25. The molecule has 100 valence electrons. The van der Waals surface area contributed by atoms with Crippen LogP contribution < -0.4 is 5.32 Å². The molecule has 1 heterocycles. The van der Waals surface area contributed by atoms with Crippen LogP contribution in [0.25, 0.3) is 11.0 Å². The fourth-order valence-electron chi connectivity index (χ4n) is 2.76. The molecule has 0 bridgehead atoms. The second-order valence-corrected chi connectivity index (χ2v) is 5.38. The second-order valence-electron chi connectivity index (χ2n) is 5.38. The molecule has 3 nitrogen and oxygen atoms in total. The Hall–Kier alpha value is -1.77. The van der Waals surface area contributed by atoms with Gasteiger partial charge in [0.2, 0.25) is 5.91 Å². The number of benzene rings is 1. The van der Waals surface area contributed by atoms with Gasteiger partial charge in [0.1, 0.15) is 11.3 Å². The van der Waals surface area contributed by atoms with Crippen LogP contribution in [-0.2, 0) is 4.79 Å². The molecule has 0 aliphatic heterocycles. The summed E-state index contributed by atoms with van der Waals surface area (Å²) in [7, 11) is 0. The monoisotopic (exact) mass is 257 g/mol.